The summed E-state index contributed by atoms with van der Waals surface area (Å²) in [6, 6.07) is 7.90. The first kappa shape index (κ1) is 14.6. The van der Waals surface area contributed by atoms with Crippen LogP contribution in [-0.4, -0.2) is 41.7 Å². The summed E-state index contributed by atoms with van der Waals surface area (Å²) in [5, 5.41) is 11.6. The molecule has 1 heterocycles. The standard InChI is InChI=1S/C16H20N2O2/c1-2-15-16(20)17-8-9-18(15)12-14-6-3-5-13(11-14)7-4-10-19/h3,5-6,11,15,19H,2,8-10,12H2,1H3,(H,17,20). The number of benzene rings is 1. The molecule has 1 amide bonds. The highest BCUT2D eigenvalue weighted by Crippen LogP contribution is 2.14. The van der Waals surface area contributed by atoms with Crippen LogP contribution in [0.4, 0.5) is 0 Å². The molecule has 1 saturated heterocycles. The summed E-state index contributed by atoms with van der Waals surface area (Å²) in [5.41, 5.74) is 2.04. The van der Waals surface area contributed by atoms with Crippen molar-refractivity contribution in [2.75, 3.05) is 19.7 Å². The Balaban J connectivity index is 2.10. The molecule has 2 N–H and O–H groups in total. The topological polar surface area (TPSA) is 52.6 Å². The molecule has 1 aliphatic rings. The zero-order valence-corrected chi connectivity index (χ0v) is 11.7. The molecule has 0 bridgehead atoms. The first-order valence-electron chi connectivity index (χ1n) is 6.95. The fourth-order valence-electron chi connectivity index (χ4n) is 2.52. The Morgan fingerprint density at radius 2 is 2.35 bits per heavy atom. The number of carbonyl (C=O) groups excluding carboxylic acids is 1. The van der Waals surface area contributed by atoms with Crippen molar-refractivity contribution in [3.8, 4) is 11.8 Å². The van der Waals surface area contributed by atoms with Crippen molar-refractivity contribution >= 4 is 5.91 Å². The van der Waals surface area contributed by atoms with Crippen molar-refractivity contribution in [1.29, 1.82) is 0 Å². The quantitative estimate of drug-likeness (QED) is 0.798. The molecule has 106 valence electrons. The number of piperazine rings is 1. The van der Waals surface area contributed by atoms with Gasteiger partial charge in [0.25, 0.3) is 0 Å². The van der Waals surface area contributed by atoms with Gasteiger partial charge in [-0.05, 0) is 24.1 Å². The van der Waals surface area contributed by atoms with E-state index in [-0.39, 0.29) is 18.6 Å². The minimum atomic E-state index is -0.131. The second-order valence-electron chi connectivity index (χ2n) is 4.85. The van der Waals surface area contributed by atoms with E-state index in [1.807, 2.05) is 31.2 Å². The Kier molecular flexibility index (Phi) is 5.16. The Morgan fingerprint density at radius 3 is 3.10 bits per heavy atom. The highest BCUT2D eigenvalue weighted by Gasteiger charge is 2.27. The first-order chi connectivity index (χ1) is 9.74. The van der Waals surface area contributed by atoms with Crippen LogP contribution in [0.5, 0.6) is 0 Å². The molecule has 1 fully saturated rings. The van der Waals surface area contributed by atoms with E-state index in [4.69, 9.17) is 5.11 Å². The Morgan fingerprint density at radius 1 is 1.50 bits per heavy atom. The number of hydrogen-bond donors (Lipinski definition) is 2. The van der Waals surface area contributed by atoms with Gasteiger partial charge >= 0.3 is 0 Å². The van der Waals surface area contributed by atoms with Crippen molar-refractivity contribution in [2.24, 2.45) is 0 Å². The number of carbonyl (C=O) groups is 1. The number of aliphatic hydroxyl groups excluding tert-OH is 1. The van der Waals surface area contributed by atoms with Crippen molar-refractivity contribution in [2.45, 2.75) is 25.9 Å². The van der Waals surface area contributed by atoms with Crippen LogP contribution < -0.4 is 5.32 Å². The van der Waals surface area contributed by atoms with E-state index in [1.54, 1.807) is 0 Å². The van der Waals surface area contributed by atoms with Gasteiger partial charge in [0.2, 0.25) is 5.91 Å². The highest BCUT2D eigenvalue weighted by atomic mass is 16.2. The van der Waals surface area contributed by atoms with E-state index in [1.165, 1.54) is 0 Å². The molecule has 20 heavy (non-hydrogen) atoms. The Hall–Kier alpha value is -1.83. The zero-order chi connectivity index (χ0) is 14.4. The van der Waals surface area contributed by atoms with Gasteiger partial charge in [-0.2, -0.15) is 0 Å². The number of hydrogen-bond acceptors (Lipinski definition) is 3. The minimum Gasteiger partial charge on any atom is -0.384 e. The van der Waals surface area contributed by atoms with E-state index in [9.17, 15) is 4.79 Å². The predicted molar refractivity (Wildman–Crippen MR) is 77.9 cm³/mol. The summed E-state index contributed by atoms with van der Waals surface area (Å²) in [6.07, 6.45) is 0.815. The van der Waals surface area contributed by atoms with Gasteiger partial charge in [0, 0.05) is 25.2 Å². The highest BCUT2D eigenvalue weighted by molar-refractivity contribution is 5.82. The number of nitrogens with one attached hydrogen (secondary N) is 1. The number of rotatable bonds is 3. The molecule has 0 aliphatic carbocycles. The van der Waals surface area contributed by atoms with Crippen LogP contribution in [0, 0.1) is 11.8 Å². The fourth-order valence-corrected chi connectivity index (χ4v) is 2.52. The lowest BCUT2D eigenvalue weighted by Gasteiger charge is -2.34. The number of amides is 1. The van der Waals surface area contributed by atoms with Crippen molar-refractivity contribution in [3.05, 3.63) is 35.4 Å². The smallest absolute Gasteiger partial charge is 0.237 e. The third-order valence-corrected chi connectivity index (χ3v) is 3.45. The summed E-state index contributed by atoms with van der Waals surface area (Å²) in [4.78, 5) is 14.0. The van der Waals surface area contributed by atoms with E-state index >= 15 is 0 Å². The van der Waals surface area contributed by atoms with Crippen LogP contribution >= 0.6 is 0 Å². The molecule has 4 heteroatoms. The predicted octanol–water partition coefficient (Wildman–Crippen LogP) is 0.741. The van der Waals surface area contributed by atoms with Gasteiger partial charge in [0.1, 0.15) is 6.61 Å². The third-order valence-electron chi connectivity index (χ3n) is 3.45. The van der Waals surface area contributed by atoms with Gasteiger partial charge in [-0.3, -0.25) is 9.69 Å². The summed E-state index contributed by atoms with van der Waals surface area (Å²) in [6.45, 7) is 4.23. The van der Waals surface area contributed by atoms with Crippen LogP contribution in [-0.2, 0) is 11.3 Å². The SMILES string of the molecule is CCC1C(=O)NCCN1Cc1cccc(C#CCO)c1. The second kappa shape index (κ2) is 7.09. The van der Waals surface area contributed by atoms with Crippen LogP contribution in [0.2, 0.25) is 0 Å². The third kappa shape index (κ3) is 3.60. The molecule has 1 aromatic rings. The van der Waals surface area contributed by atoms with E-state index < -0.39 is 0 Å². The molecular weight excluding hydrogens is 252 g/mol. The summed E-state index contributed by atoms with van der Waals surface area (Å²) in [5.74, 6) is 5.68. The molecule has 2 rings (SSSR count). The normalized spacial score (nSPS) is 19.1. The van der Waals surface area contributed by atoms with Crippen LogP contribution in [0.3, 0.4) is 0 Å². The molecule has 1 unspecified atom stereocenters. The lowest BCUT2D eigenvalue weighted by atomic mass is 10.1. The van der Waals surface area contributed by atoms with Crippen LogP contribution in [0.15, 0.2) is 24.3 Å². The van der Waals surface area contributed by atoms with E-state index in [0.29, 0.717) is 6.54 Å². The lowest BCUT2D eigenvalue weighted by Crippen LogP contribution is -2.54. The maximum Gasteiger partial charge on any atom is 0.237 e. The second-order valence-corrected chi connectivity index (χ2v) is 4.85. The van der Waals surface area contributed by atoms with Crippen LogP contribution in [0.25, 0.3) is 0 Å². The molecule has 0 saturated carbocycles. The van der Waals surface area contributed by atoms with Gasteiger partial charge in [-0.1, -0.05) is 30.9 Å². The largest absolute Gasteiger partial charge is 0.384 e. The Labute approximate surface area is 119 Å². The first-order valence-corrected chi connectivity index (χ1v) is 6.95. The molecular formula is C16H20N2O2. The summed E-state index contributed by atoms with van der Waals surface area (Å²) in [7, 11) is 0. The lowest BCUT2D eigenvalue weighted by molar-refractivity contribution is -0.129. The van der Waals surface area contributed by atoms with Crippen molar-refractivity contribution < 1.29 is 9.90 Å². The van der Waals surface area contributed by atoms with Crippen molar-refractivity contribution in [1.82, 2.24) is 10.2 Å². The monoisotopic (exact) mass is 272 g/mol. The van der Waals surface area contributed by atoms with Gasteiger partial charge in [-0.25, -0.2) is 0 Å². The molecule has 0 aromatic heterocycles. The van der Waals surface area contributed by atoms with Crippen molar-refractivity contribution in [3.63, 3.8) is 0 Å². The van der Waals surface area contributed by atoms with Gasteiger partial charge in [0.15, 0.2) is 0 Å². The van der Waals surface area contributed by atoms with Gasteiger partial charge in [0.05, 0.1) is 6.04 Å². The van der Waals surface area contributed by atoms with Gasteiger partial charge < -0.3 is 10.4 Å². The fraction of sp³-hybridized carbons (Fsp3) is 0.438. The van der Waals surface area contributed by atoms with Crippen LogP contribution in [0.1, 0.15) is 24.5 Å². The van der Waals surface area contributed by atoms with Gasteiger partial charge in [-0.15, -0.1) is 0 Å². The Bertz CT molecular complexity index is 531. The maximum absolute atomic E-state index is 11.8. The summed E-state index contributed by atoms with van der Waals surface area (Å²) < 4.78 is 0. The number of nitrogens with zero attached hydrogens (tertiary/aromatic N) is 1. The molecule has 1 atom stereocenters. The molecule has 1 aliphatic heterocycles. The average Bonchev–Trinajstić information content (AvgIpc) is 2.46. The summed E-state index contributed by atoms with van der Waals surface area (Å²) >= 11 is 0. The maximum atomic E-state index is 11.8. The molecule has 0 spiro atoms. The van der Waals surface area contributed by atoms with E-state index in [2.05, 4.69) is 22.1 Å². The average molecular weight is 272 g/mol. The molecule has 0 radical (unpaired) electrons. The zero-order valence-electron chi connectivity index (χ0n) is 11.7. The molecule has 4 nitrogen and oxygen atoms in total. The van der Waals surface area contributed by atoms with E-state index in [0.717, 1.165) is 30.6 Å². The minimum absolute atomic E-state index is 0.0454. The molecule has 1 aromatic carbocycles. The number of aliphatic hydroxyl groups is 1.